The van der Waals surface area contributed by atoms with Gasteiger partial charge < -0.3 is 9.84 Å². The molecule has 5 nitrogen and oxygen atoms in total. The summed E-state index contributed by atoms with van der Waals surface area (Å²) in [5.74, 6) is -0.0410. The van der Waals surface area contributed by atoms with Gasteiger partial charge in [0.05, 0.1) is 23.4 Å². The van der Waals surface area contributed by atoms with Crippen molar-refractivity contribution in [1.82, 2.24) is 0 Å². The Morgan fingerprint density at radius 3 is 2.44 bits per heavy atom. The molecule has 0 spiro atoms. The number of carbonyl (C=O) groups is 1. The first kappa shape index (κ1) is 23.9. The van der Waals surface area contributed by atoms with E-state index >= 15 is 0 Å². The number of rotatable bonds is 6. The second-order valence-corrected chi connectivity index (χ2v) is 9.10. The van der Waals surface area contributed by atoms with E-state index in [4.69, 9.17) is 21.3 Å². The van der Waals surface area contributed by atoms with Crippen LogP contribution in [0.3, 0.4) is 0 Å². The lowest BCUT2D eigenvalue weighted by Gasteiger charge is -2.19. The van der Waals surface area contributed by atoms with Crippen molar-refractivity contribution in [2.75, 3.05) is 12.0 Å². The number of nitrogens with zero attached hydrogens (tertiary/aromatic N) is 2. The molecule has 0 radical (unpaired) electrons. The minimum absolute atomic E-state index is 0.0741. The number of para-hydroxylation sites is 2. The summed E-state index contributed by atoms with van der Waals surface area (Å²) in [4.78, 5) is 20.7. The number of phenols is 1. The molecular formula is C27H25ClN2O3S. The molecule has 1 heterocycles. The van der Waals surface area contributed by atoms with Crippen LogP contribution < -0.4 is 9.64 Å². The summed E-state index contributed by atoms with van der Waals surface area (Å²) >= 11 is 7.48. The molecular weight excluding hydrogens is 468 g/mol. The quantitative estimate of drug-likeness (QED) is 0.377. The van der Waals surface area contributed by atoms with Crippen molar-refractivity contribution in [2.24, 2.45) is 4.99 Å². The normalized spacial score (nSPS) is 16.0. The van der Waals surface area contributed by atoms with E-state index in [2.05, 4.69) is 13.8 Å². The lowest BCUT2D eigenvalue weighted by molar-refractivity contribution is -0.113. The number of hydrogen-bond acceptors (Lipinski definition) is 5. The van der Waals surface area contributed by atoms with E-state index in [-0.39, 0.29) is 17.4 Å². The Morgan fingerprint density at radius 2 is 1.74 bits per heavy atom. The first-order valence-electron chi connectivity index (χ1n) is 11.0. The van der Waals surface area contributed by atoms with E-state index in [0.717, 1.165) is 35.3 Å². The van der Waals surface area contributed by atoms with Gasteiger partial charge in [-0.05, 0) is 60.0 Å². The van der Waals surface area contributed by atoms with Crippen LogP contribution in [0.1, 0.15) is 30.5 Å². The van der Waals surface area contributed by atoms with Gasteiger partial charge in [0.1, 0.15) is 0 Å². The summed E-state index contributed by atoms with van der Waals surface area (Å²) in [7, 11) is 1.46. The number of methoxy groups -OCH3 is 1. The van der Waals surface area contributed by atoms with Crippen LogP contribution in [0.4, 0.5) is 11.4 Å². The predicted octanol–water partition coefficient (Wildman–Crippen LogP) is 6.99. The highest BCUT2D eigenvalue weighted by atomic mass is 35.5. The Morgan fingerprint density at radius 1 is 1.06 bits per heavy atom. The molecule has 3 aromatic rings. The Labute approximate surface area is 208 Å². The van der Waals surface area contributed by atoms with Crippen LogP contribution in [-0.2, 0) is 17.6 Å². The molecule has 1 aliphatic heterocycles. The third kappa shape index (κ3) is 4.69. The average Bonchev–Trinajstić information content (AvgIpc) is 3.15. The Balaban J connectivity index is 1.87. The van der Waals surface area contributed by atoms with E-state index in [1.54, 1.807) is 17.0 Å². The Hall–Kier alpha value is -3.22. The molecule has 1 saturated heterocycles. The van der Waals surface area contributed by atoms with Crippen molar-refractivity contribution in [2.45, 2.75) is 26.7 Å². The number of halogens is 1. The molecule has 1 N–H and O–H groups in total. The summed E-state index contributed by atoms with van der Waals surface area (Å²) in [6.07, 6.45) is 3.23. The number of benzene rings is 3. The minimum atomic E-state index is -0.211. The first-order valence-corrected chi connectivity index (χ1v) is 12.2. The van der Waals surface area contributed by atoms with Gasteiger partial charge in [0, 0.05) is 16.7 Å². The molecule has 7 heteroatoms. The van der Waals surface area contributed by atoms with Crippen molar-refractivity contribution in [3.05, 3.63) is 87.3 Å². The monoisotopic (exact) mass is 492 g/mol. The standard InChI is InChI=1S/C27H25ClN2O3S/c1-4-17-10-6-8-12-21(17)29-27-30(22-13-9-7-11-18(22)5-2)26(32)24(34-27)15-19-14-20(28)16-23(33-3)25(19)31/h6-16,31H,4-5H2,1-3H3/b24-15+,29-27?. The molecule has 174 valence electrons. The van der Waals surface area contributed by atoms with Crippen molar-refractivity contribution in [1.29, 1.82) is 0 Å². The lowest BCUT2D eigenvalue weighted by Crippen LogP contribution is -2.29. The van der Waals surface area contributed by atoms with Crippen molar-refractivity contribution in [3.8, 4) is 11.5 Å². The van der Waals surface area contributed by atoms with Gasteiger partial charge in [-0.2, -0.15) is 0 Å². The topological polar surface area (TPSA) is 62.1 Å². The zero-order valence-electron chi connectivity index (χ0n) is 19.2. The fourth-order valence-corrected chi connectivity index (χ4v) is 5.01. The molecule has 0 unspecified atom stereocenters. The van der Waals surface area contributed by atoms with Gasteiger partial charge in [0.15, 0.2) is 16.7 Å². The Kier molecular flexibility index (Phi) is 7.29. The van der Waals surface area contributed by atoms with Gasteiger partial charge in [0.2, 0.25) is 0 Å². The molecule has 4 rings (SSSR count). The third-order valence-electron chi connectivity index (χ3n) is 5.58. The van der Waals surface area contributed by atoms with Crippen LogP contribution >= 0.6 is 23.4 Å². The zero-order valence-corrected chi connectivity index (χ0v) is 20.8. The maximum atomic E-state index is 13.7. The summed E-state index contributed by atoms with van der Waals surface area (Å²) in [6.45, 7) is 4.14. The number of aromatic hydroxyl groups is 1. The third-order valence-corrected chi connectivity index (χ3v) is 6.77. The number of aryl methyl sites for hydroxylation is 2. The van der Waals surface area contributed by atoms with Crippen molar-refractivity contribution in [3.63, 3.8) is 0 Å². The molecule has 0 bridgehead atoms. The van der Waals surface area contributed by atoms with Crippen LogP contribution in [0.25, 0.3) is 6.08 Å². The SMILES string of the molecule is CCc1ccccc1N=C1S/C(=C/c2cc(Cl)cc(OC)c2O)C(=O)N1c1ccccc1CC. The van der Waals surface area contributed by atoms with E-state index < -0.39 is 0 Å². The van der Waals surface area contributed by atoms with Crippen LogP contribution in [0.15, 0.2) is 70.6 Å². The first-order chi connectivity index (χ1) is 16.5. The van der Waals surface area contributed by atoms with Crippen LogP contribution in [0.5, 0.6) is 11.5 Å². The molecule has 3 aromatic carbocycles. The Bertz CT molecular complexity index is 1300. The number of hydrogen-bond donors (Lipinski definition) is 1. The maximum Gasteiger partial charge on any atom is 0.271 e. The molecule has 0 aromatic heterocycles. The number of thioether (sulfide) groups is 1. The number of amides is 1. The summed E-state index contributed by atoms with van der Waals surface area (Å²) < 4.78 is 5.21. The number of ether oxygens (including phenoxy) is 1. The molecule has 1 amide bonds. The summed E-state index contributed by atoms with van der Waals surface area (Å²) in [6, 6.07) is 18.9. The average molecular weight is 493 g/mol. The largest absolute Gasteiger partial charge is 0.504 e. The molecule has 0 aliphatic carbocycles. The number of anilines is 1. The van der Waals surface area contributed by atoms with Crippen LogP contribution in [0, 0.1) is 0 Å². The second-order valence-electron chi connectivity index (χ2n) is 7.66. The van der Waals surface area contributed by atoms with Gasteiger partial charge >= 0.3 is 0 Å². The highest BCUT2D eigenvalue weighted by Crippen LogP contribution is 2.41. The van der Waals surface area contributed by atoms with Gasteiger partial charge in [-0.15, -0.1) is 0 Å². The van der Waals surface area contributed by atoms with E-state index in [1.807, 2.05) is 48.5 Å². The molecule has 1 aliphatic rings. The second kappa shape index (κ2) is 10.4. The fourth-order valence-electron chi connectivity index (χ4n) is 3.81. The minimum Gasteiger partial charge on any atom is -0.504 e. The highest BCUT2D eigenvalue weighted by molar-refractivity contribution is 8.19. The molecule has 1 fully saturated rings. The van der Waals surface area contributed by atoms with Crippen molar-refractivity contribution >= 4 is 51.9 Å². The van der Waals surface area contributed by atoms with Gasteiger partial charge in [-0.25, -0.2) is 4.99 Å². The predicted molar refractivity (Wildman–Crippen MR) is 141 cm³/mol. The summed E-state index contributed by atoms with van der Waals surface area (Å²) in [5, 5.41) is 11.6. The molecule has 34 heavy (non-hydrogen) atoms. The number of phenolic OH excluding ortho intramolecular Hbond substituents is 1. The summed E-state index contributed by atoms with van der Waals surface area (Å²) in [5.41, 5.74) is 4.17. The highest BCUT2D eigenvalue weighted by Gasteiger charge is 2.36. The van der Waals surface area contributed by atoms with Gasteiger partial charge in [0.25, 0.3) is 5.91 Å². The fraction of sp³-hybridized carbons (Fsp3) is 0.185. The smallest absolute Gasteiger partial charge is 0.271 e. The van der Waals surface area contributed by atoms with Gasteiger partial charge in [-0.1, -0.05) is 61.8 Å². The van der Waals surface area contributed by atoms with E-state index in [9.17, 15) is 9.90 Å². The molecule has 0 saturated carbocycles. The maximum absolute atomic E-state index is 13.7. The lowest BCUT2D eigenvalue weighted by atomic mass is 10.1. The van der Waals surface area contributed by atoms with Crippen LogP contribution in [0.2, 0.25) is 5.02 Å². The number of amidine groups is 1. The number of aliphatic imine (C=N–C) groups is 1. The van der Waals surface area contributed by atoms with Crippen molar-refractivity contribution < 1.29 is 14.6 Å². The number of carbonyl (C=O) groups excluding carboxylic acids is 1. The molecule has 0 atom stereocenters. The van der Waals surface area contributed by atoms with E-state index in [0.29, 0.717) is 20.7 Å². The zero-order chi connectivity index (χ0) is 24.2. The van der Waals surface area contributed by atoms with E-state index in [1.165, 1.54) is 24.9 Å². The van der Waals surface area contributed by atoms with Gasteiger partial charge in [-0.3, -0.25) is 9.69 Å². The van der Waals surface area contributed by atoms with Crippen LogP contribution in [-0.4, -0.2) is 23.3 Å².